The van der Waals surface area contributed by atoms with Gasteiger partial charge in [-0.2, -0.15) is 0 Å². The molecule has 0 spiro atoms. The summed E-state index contributed by atoms with van der Waals surface area (Å²) in [5.41, 5.74) is 0.917. The second kappa shape index (κ2) is 7.24. The molecule has 1 atom stereocenters. The number of nitrogens with one attached hydrogen (secondary N) is 1. The number of hydrogen-bond acceptors (Lipinski definition) is 4. The predicted molar refractivity (Wildman–Crippen MR) is 70.9 cm³/mol. The average molecular weight is 272 g/mol. The number of rotatable bonds is 6. The average Bonchev–Trinajstić information content (AvgIpc) is 2.37. The molecule has 0 bridgehead atoms. The molecule has 1 aromatic carbocycles. The highest BCUT2D eigenvalue weighted by Gasteiger charge is 2.16. The molecule has 0 saturated carbocycles. The van der Waals surface area contributed by atoms with Crippen molar-refractivity contribution < 1.29 is 14.3 Å². The van der Waals surface area contributed by atoms with Crippen LogP contribution in [0.25, 0.3) is 0 Å². The van der Waals surface area contributed by atoms with E-state index in [1.165, 1.54) is 7.11 Å². The summed E-state index contributed by atoms with van der Waals surface area (Å²) < 4.78 is 10.2. The molecule has 100 valence electrons. The standard InChI is InChI=1S/C13H18ClNO3/c1-4-15-8-10-7-11(14)5-6-12(10)18-9(2)13(16)17-3/h5-7,9,15H,4,8H2,1-3H3. The number of esters is 1. The second-order valence-electron chi connectivity index (χ2n) is 3.82. The third-order valence-electron chi connectivity index (χ3n) is 2.42. The summed E-state index contributed by atoms with van der Waals surface area (Å²) in [4.78, 5) is 11.3. The van der Waals surface area contributed by atoms with Crippen LogP contribution in [0.2, 0.25) is 5.02 Å². The van der Waals surface area contributed by atoms with Gasteiger partial charge in [-0.1, -0.05) is 18.5 Å². The van der Waals surface area contributed by atoms with Gasteiger partial charge in [-0.05, 0) is 31.7 Å². The van der Waals surface area contributed by atoms with Gasteiger partial charge in [0.2, 0.25) is 0 Å². The molecule has 0 aromatic heterocycles. The van der Waals surface area contributed by atoms with E-state index in [0.717, 1.165) is 12.1 Å². The molecule has 1 N–H and O–H groups in total. The Balaban J connectivity index is 2.83. The number of ether oxygens (including phenoxy) is 2. The van der Waals surface area contributed by atoms with E-state index in [4.69, 9.17) is 16.3 Å². The van der Waals surface area contributed by atoms with Crippen LogP contribution in [-0.4, -0.2) is 25.7 Å². The van der Waals surface area contributed by atoms with Crippen LogP contribution in [0.5, 0.6) is 5.75 Å². The normalized spacial score (nSPS) is 12.0. The van der Waals surface area contributed by atoms with Crippen LogP contribution in [0.15, 0.2) is 18.2 Å². The molecule has 1 rings (SSSR count). The topological polar surface area (TPSA) is 47.6 Å². The third-order valence-corrected chi connectivity index (χ3v) is 2.66. The molecule has 0 heterocycles. The summed E-state index contributed by atoms with van der Waals surface area (Å²) >= 11 is 5.95. The van der Waals surface area contributed by atoms with Gasteiger partial charge in [0.05, 0.1) is 7.11 Å². The van der Waals surface area contributed by atoms with E-state index in [1.807, 2.05) is 13.0 Å². The maximum Gasteiger partial charge on any atom is 0.346 e. The van der Waals surface area contributed by atoms with Gasteiger partial charge in [0.1, 0.15) is 5.75 Å². The van der Waals surface area contributed by atoms with Crippen molar-refractivity contribution in [1.82, 2.24) is 5.32 Å². The predicted octanol–water partition coefficient (Wildman–Crippen LogP) is 2.39. The first kappa shape index (κ1) is 14.8. The van der Waals surface area contributed by atoms with E-state index in [2.05, 4.69) is 10.1 Å². The van der Waals surface area contributed by atoms with Crippen LogP contribution in [0.3, 0.4) is 0 Å². The van der Waals surface area contributed by atoms with Crippen LogP contribution in [0, 0.1) is 0 Å². The van der Waals surface area contributed by atoms with Gasteiger partial charge in [-0.25, -0.2) is 4.79 Å². The molecule has 0 saturated heterocycles. The number of benzene rings is 1. The van der Waals surface area contributed by atoms with Gasteiger partial charge < -0.3 is 14.8 Å². The molecule has 4 nitrogen and oxygen atoms in total. The lowest BCUT2D eigenvalue weighted by molar-refractivity contribution is -0.147. The lowest BCUT2D eigenvalue weighted by atomic mass is 10.2. The Morgan fingerprint density at radius 1 is 1.50 bits per heavy atom. The number of hydrogen-bond donors (Lipinski definition) is 1. The van der Waals surface area contributed by atoms with Crippen molar-refractivity contribution in [3.63, 3.8) is 0 Å². The van der Waals surface area contributed by atoms with Gasteiger partial charge in [-0.15, -0.1) is 0 Å². The highest BCUT2D eigenvalue weighted by molar-refractivity contribution is 6.30. The zero-order valence-corrected chi connectivity index (χ0v) is 11.6. The maximum atomic E-state index is 11.3. The summed E-state index contributed by atoms with van der Waals surface area (Å²) in [6.45, 7) is 5.15. The molecule has 0 aliphatic rings. The van der Waals surface area contributed by atoms with Gasteiger partial charge >= 0.3 is 5.97 Å². The Morgan fingerprint density at radius 2 is 2.22 bits per heavy atom. The summed E-state index contributed by atoms with van der Waals surface area (Å²) in [5.74, 6) is 0.234. The van der Waals surface area contributed by atoms with Crippen LogP contribution in [0.1, 0.15) is 19.4 Å². The van der Waals surface area contributed by atoms with Crippen molar-refractivity contribution in [2.24, 2.45) is 0 Å². The van der Waals surface area contributed by atoms with E-state index in [0.29, 0.717) is 17.3 Å². The van der Waals surface area contributed by atoms with Gasteiger partial charge in [0.15, 0.2) is 6.10 Å². The first-order valence-electron chi connectivity index (χ1n) is 5.82. The molecular formula is C13H18ClNO3. The minimum Gasteiger partial charge on any atom is -0.479 e. The van der Waals surface area contributed by atoms with Crippen LogP contribution in [-0.2, 0) is 16.1 Å². The fourth-order valence-corrected chi connectivity index (χ4v) is 1.66. The Hall–Kier alpha value is -1.26. The van der Waals surface area contributed by atoms with Crippen LogP contribution >= 0.6 is 11.6 Å². The molecule has 1 unspecified atom stereocenters. The Kier molecular flexibility index (Phi) is 5.95. The smallest absolute Gasteiger partial charge is 0.346 e. The van der Waals surface area contributed by atoms with Crippen molar-refractivity contribution in [2.45, 2.75) is 26.5 Å². The van der Waals surface area contributed by atoms with E-state index >= 15 is 0 Å². The van der Waals surface area contributed by atoms with Gasteiger partial charge in [-0.3, -0.25) is 0 Å². The summed E-state index contributed by atoms with van der Waals surface area (Å²) in [6.07, 6.45) is -0.642. The molecule has 5 heteroatoms. The third kappa shape index (κ3) is 4.20. The van der Waals surface area contributed by atoms with Gasteiger partial charge in [0.25, 0.3) is 0 Å². The number of halogens is 1. The van der Waals surface area contributed by atoms with Crippen molar-refractivity contribution in [3.8, 4) is 5.75 Å². The fourth-order valence-electron chi connectivity index (χ4n) is 1.47. The molecule has 1 aromatic rings. The summed E-state index contributed by atoms with van der Waals surface area (Å²) in [7, 11) is 1.34. The van der Waals surface area contributed by atoms with E-state index in [9.17, 15) is 4.79 Å². The second-order valence-corrected chi connectivity index (χ2v) is 4.25. The highest BCUT2D eigenvalue weighted by Crippen LogP contribution is 2.24. The van der Waals surface area contributed by atoms with Crippen molar-refractivity contribution >= 4 is 17.6 Å². The molecule has 18 heavy (non-hydrogen) atoms. The molecule has 0 amide bonds. The number of carbonyl (C=O) groups excluding carboxylic acids is 1. The van der Waals surface area contributed by atoms with Gasteiger partial charge in [0, 0.05) is 17.1 Å². The number of methoxy groups -OCH3 is 1. The van der Waals surface area contributed by atoms with Crippen LogP contribution < -0.4 is 10.1 Å². The molecular weight excluding hydrogens is 254 g/mol. The Bertz CT molecular complexity index is 409. The largest absolute Gasteiger partial charge is 0.479 e. The number of carbonyl (C=O) groups is 1. The van der Waals surface area contributed by atoms with Crippen molar-refractivity contribution in [1.29, 1.82) is 0 Å². The van der Waals surface area contributed by atoms with Crippen molar-refractivity contribution in [3.05, 3.63) is 28.8 Å². The minimum absolute atomic E-state index is 0.403. The SMILES string of the molecule is CCNCc1cc(Cl)ccc1OC(C)C(=O)OC. The Labute approximate surface area is 112 Å². The summed E-state index contributed by atoms with van der Waals surface area (Å²) in [6, 6.07) is 5.31. The zero-order chi connectivity index (χ0) is 13.5. The quantitative estimate of drug-likeness (QED) is 0.807. The lowest BCUT2D eigenvalue weighted by Crippen LogP contribution is -2.25. The summed E-state index contributed by atoms with van der Waals surface area (Å²) in [5, 5.41) is 3.83. The Morgan fingerprint density at radius 3 is 2.83 bits per heavy atom. The highest BCUT2D eigenvalue weighted by atomic mass is 35.5. The molecule has 0 aliphatic heterocycles. The first-order valence-corrected chi connectivity index (χ1v) is 6.20. The minimum atomic E-state index is -0.642. The molecule has 0 aliphatic carbocycles. The van der Waals surface area contributed by atoms with E-state index < -0.39 is 12.1 Å². The van der Waals surface area contributed by atoms with E-state index in [1.54, 1.807) is 19.1 Å². The fraction of sp³-hybridized carbons (Fsp3) is 0.462. The van der Waals surface area contributed by atoms with E-state index in [-0.39, 0.29) is 0 Å². The molecule has 0 radical (unpaired) electrons. The molecule has 0 fully saturated rings. The maximum absolute atomic E-state index is 11.3. The lowest BCUT2D eigenvalue weighted by Gasteiger charge is -2.16. The zero-order valence-electron chi connectivity index (χ0n) is 10.8. The monoisotopic (exact) mass is 271 g/mol. The first-order chi connectivity index (χ1) is 8.58. The van der Waals surface area contributed by atoms with Crippen molar-refractivity contribution in [2.75, 3.05) is 13.7 Å². The van der Waals surface area contributed by atoms with Crippen LogP contribution in [0.4, 0.5) is 0 Å².